The molecule has 0 radical (unpaired) electrons. The lowest BCUT2D eigenvalue weighted by Gasteiger charge is -2.09. The number of benzene rings is 2. The van der Waals surface area contributed by atoms with Crippen LogP contribution in [0.15, 0.2) is 41.5 Å². The third-order valence-electron chi connectivity index (χ3n) is 3.33. The molecule has 0 fully saturated rings. The molecular weight excluding hydrogens is 338 g/mol. The van der Waals surface area contributed by atoms with E-state index in [-0.39, 0.29) is 23.2 Å². The predicted molar refractivity (Wildman–Crippen MR) is 97.0 cm³/mol. The monoisotopic (exact) mass is 357 g/mol. The van der Waals surface area contributed by atoms with Crippen LogP contribution in [0.2, 0.25) is 0 Å². The van der Waals surface area contributed by atoms with Gasteiger partial charge in [-0.2, -0.15) is 5.10 Å². The van der Waals surface area contributed by atoms with E-state index in [2.05, 4.69) is 15.8 Å². The number of aromatic hydroxyl groups is 1. The van der Waals surface area contributed by atoms with Gasteiger partial charge >= 0.3 is 0 Å². The number of carbonyl (C=O) groups excluding carboxylic acids is 2. The average Bonchev–Trinajstić information content (AvgIpc) is 2.62. The second-order valence-electron chi connectivity index (χ2n) is 5.24. The van der Waals surface area contributed by atoms with Crippen LogP contribution in [0.5, 0.6) is 17.2 Å². The van der Waals surface area contributed by atoms with E-state index >= 15 is 0 Å². The molecule has 0 aliphatic rings. The Labute approximate surface area is 150 Å². The molecule has 2 aromatic rings. The fourth-order valence-corrected chi connectivity index (χ4v) is 2.16. The smallest absolute Gasteiger partial charge is 0.271 e. The van der Waals surface area contributed by atoms with Gasteiger partial charge in [0.25, 0.3) is 5.91 Å². The Bertz CT molecular complexity index is 823. The van der Waals surface area contributed by atoms with E-state index in [1.54, 1.807) is 36.4 Å². The molecule has 0 saturated heterocycles. The summed E-state index contributed by atoms with van der Waals surface area (Å²) in [6.45, 7) is 1.39. The molecule has 0 aliphatic heterocycles. The van der Waals surface area contributed by atoms with Crippen molar-refractivity contribution < 1.29 is 24.2 Å². The average molecular weight is 357 g/mol. The summed E-state index contributed by atoms with van der Waals surface area (Å²) in [6, 6.07) is 9.56. The number of nitrogens with zero attached hydrogens (tertiary/aromatic N) is 1. The number of carbonyl (C=O) groups is 2. The van der Waals surface area contributed by atoms with Gasteiger partial charge in [-0.05, 0) is 30.3 Å². The Balaban J connectivity index is 2.11. The molecule has 8 heteroatoms. The Morgan fingerprint density at radius 3 is 2.35 bits per heavy atom. The summed E-state index contributed by atoms with van der Waals surface area (Å²) in [5.74, 6) is -0.340. The van der Waals surface area contributed by atoms with Crippen molar-refractivity contribution in [1.82, 2.24) is 5.43 Å². The van der Waals surface area contributed by atoms with Crippen LogP contribution in [-0.2, 0) is 4.79 Å². The molecule has 0 bridgehead atoms. The number of rotatable bonds is 6. The van der Waals surface area contributed by atoms with Crippen molar-refractivity contribution in [2.45, 2.75) is 6.92 Å². The summed E-state index contributed by atoms with van der Waals surface area (Å²) < 4.78 is 10.1. The van der Waals surface area contributed by atoms with Crippen molar-refractivity contribution >= 4 is 23.7 Å². The first-order valence-corrected chi connectivity index (χ1v) is 7.60. The summed E-state index contributed by atoms with van der Waals surface area (Å²) in [6.07, 6.45) is 1.39. The molecule has 0 saturated carbocycles. The minimum atomic E-state index is -0.439. The highest BCUT2D eigenvalue weighted by Gasteiger charge is 2.10. The lowest BCUT2D eigenvalue weighted by atomic mass is 10.2. The molecule has 2 aromatic carbocycles. The van der Waals surface area contributed by atoms with Crippen LogP contribution < -0.4 is 20.2 Å². The van der Waals surface area contributed by atoms with E-state index < -0.39 is 5.91 Å². The van der Waals surface area contributed by atoms with Crippen LogP contribution in [0, 0.1) is 0 Å². The molecule has 0 unspecified atom stereocenters. The zero-order valence-corrected chi connectivity index (χ0v) is 14.6. The quantitative estimate of drug-likeness (QED) is 0.542. The number of hydrogen-bond acceptors (Lipinski definition) is 6. The molecule has 0 heterocycles. The highest BCUT2D eigenvalue weighted by Crippen LogP contribution is 2.36. The second-order valence-corrected chi connectivity index (χ2v) is 5.24. The largest absolute Gasteiger partial charge is 0.502 e. The van der Waals surface area contributed by atoms with Crippen LogP contribution >= 0.6 is 0 Å². The molecule has 2 amide bonds. The van der Waals surface area contributed by atoms with E-state index in [1.165, 1.54) is 27.4 Å². The van der Waals surface area contributed by atoms with Crippen LogP contribution in [0.1, 0.15) is 22.8 Å². The molecule has 0 aliphatic carbocycles. The SMILES string of the molecule is COc1cc(C=NNC(=O)c2cccc(NC(C)=O)c2)cc(OC)c1O. The van der Waals surface area contributed by atoms with E-state index in [1.807, 2.05) is 0 Å². The topological polar surface area (TPSA) is 109 Å². The zero-order chi connectivity index (χ0) is 19.1. The van der Waals surface area contributed by atoms with Gasteiger partial charge in [-0.3, -0.25) is 9.59 Å². The summed E-state index contributed by atoms with van der Waals surface area (Å²) in [5, 5.41) is 16.4. The van der Waals surface area contributed by atoms with Gasteiger partial charge in [0.05, 0.1) is 20.4 Å². The van der Waals surface area contributed by atoms with Gasteiger partial charge in [0.15, 0.2) is 11.5 Å². The van der Waals surface area contributed by atoms with Gasteiger partial charge in [-0.15, -0.1) is 0 Å². The third-order valence-corrected chi connectivity index (χ3v) is 3.33. The van der Waals surface area contributed by atoms with Gasteiger partial charge in [-0.25, -0.2) is 5.43 Å². The highest BCUT2D eigenvalue weighted by molar-refractivity contribution is 5.97. The molecule has 136 valence electrons. The zero-order valence-electron chi connectivity index (χ0n) is 14.6. The van der Waals surface area contributed by atoms with Gasteiger partial charge in [0.1, 0.15) is 0 Å². The van der Waals surface area contributed by atoms with Crippen LogP contribution in [0.3, 0.4) is 0 Å². The Kier molecular flexibility index (Phi) is 6.15. The maximum atomic E-state index is 12.1. The van der Waals surface area contributed by atoms with Crippen molar-refractivity contribution in [1.29, 1.82) is 0 Å². The number of phenols is 1. The predicted octanol–water partition coefficient (Wildman–Crippen LogP) is 2.13. The summed E-state index contributed by atoms with van der Waals surface area (Å²) >= 11 is 0. The number of amides is 2. The fourth-order valence-electron chi connectivity index (χ4n) is 2.16. The normalized spacial score (nSPS) is 10.4. The molecule has 8 nitrogen and oxygen atoms in total. The Morgan fingerprint density at radius 2 is 1.77 bits per heavy atom. The fraction of sp³-hybridized carbons (Fsp3) is 0.167. The Morgan fingerprint density at radius 1 is 1.12 bits per heavy atom. The summed E-state index contributed by atoms with van der Waals surface area (Å²) in [7, 11) is 2.83. The molecule has 2 rings (SSSR count). The number of hydrogen-bond donors (Lipinski definition) is 3. The van der Waals surface area contributed by atoms with Crippen LogP contribution in [0.25, 0.3) is 0 Å². The second kappa shape index (κ2) is 8.52. The molecule has 0 aromatic heterocycles. The molecule has 3 N–H and O–H groups in total. The van der Waals surface area contributed by atoms with Crippen molar-refractivity contribution in [3.05, 3.63) is 47.5 Å². The number of anilines is 1. The van der Waals surface area contributed by atoms with E-state index in [0.29, 0.717) is 16.8 Å². The maximum Gasteiger partial charge on any atom is 0.271 e. The number of ether oxygens (including phenoxy) is 2. The molecule has 0 atom stereocenters. The molecule has 26 heavy (non-hydrogen) atoms. The van der Waals surface area contributed by atoms with E-state index in [9.17, 15) is 14.7 Å². The molecule has 0 spiro atoms. The van der Waals surface area contributed by atoms with Crippen molar-refractivity contribution in [3.63, 3.8) is 0 Å². The third kappa shape index (κ3) is 4.73. The first-order valence-electron chi connectivity index (χ1n) is 7.60. The number of nitrogens with one attached hydrogen (secondary N) is 2. The highest BCUT2D eigenvalue weighted by atomic mass is 16.5. The van der Waals surface area contributed by atoms with Gasteiger partial charge in [0.2, 0.25) is 11.7 Å². The Hall–Kier alpha value is -3.55. The standard InChI is InChI=1S/C18H19N3O5/c1-11(22)20-14-6-4-5-13(9-14)18(24)21-19-10-12-7-15(25-2)17(23)16(8-12)26-3/h4-10,23H,1-3H3,(H,20,22)(H,21,24). The minimum absolute atomic E-state index is 0.119. The van der Waals surface area contributed by atoms with E-state index in [0.717, 1.165) is 0 Å². The van der Waals surface area contributed by atoms with E-state index in [4.69, 9.17) is 9.47 Å². The van der Waals surface area contributed by atoms with Crippen molar-refractivity contribution in [3.8, 4) is 17.2 Å². The lowest BCUT2D eigenvalue weighted by molar-refractivity contribution is -0.114. The molecular formula is C18H19N3O5. The van der Waals surface area contributed by atoms with Gasteiger partial charge in [-0.1, -0.05) is 6.07 Å². The number of methoxy groups -OCH3 is 2. The van der Waals surface area contributed by atoms with Crippen molar-refractivity contribution in [2.24, 2.45) is 5.10 Å². The summed E-state index contributed by atoms with van der Waals surface area (Å²) in [5.41, 5.74) is 3.81. The lowest BCUT2D eigenvalue weighted by Crippen LogP contribution is -2.18. The number of hydrazone groups is 1. The van der Waals surface area contributed by atoms with Gasteiger partial charge in [0, 0.05) is 23.7 Å². The van der Waals surface area contributed by atoms with Crippen molar-refractivity contribution in [2.75, 3.05) is 19.5 Å². The minimum Gasteiger partial charge on any atom is -0.502 e. The number of phenolic OH excluding ortho intramolecular Hbond substituents is 1. The summed E-state index contributed by atoms with van der Waals surface area (Å²) in [4.78, 5) is 23.2. The first kappa shape index (κ1) is 18.8. The van der Waals surface area contributed by atoms with Crippen LogP contribution in [-0.4, -0.2) is 37.4 Å². The first-order chi connectivity index (χ1) is 12.4. The maximum absolute atomic E-state index is 12.1. The van der Waals surface area contributed by atoms with Crippen LogP contribution in [0.4, 0.5) is 5.69 Å². The van der Waals surface area contributed by atoms with Gasteiger partial charge < -0.3 is 19.9 Å².